The molecule has 2 rings (SSSR count). The molecule has 0 aliphatic heterocycles. The predicted molar refractivity (Wildman–Crippen MR) is 76.7 cm³/mol. The van der Waals surface area contributed by atoms with E-state index in [9.17, 15) is 0 Å². The van der Waals surface area contributed by atoms with E-state index in [1.807, 2.05) is 6.07 Å². The standard InChI is InChI=1S/C13H20N6O2/c1-8(2)11-5-10(21-18-11)6-15-13(14-4)16-7-12-17-9(3)20-19-12/h5,8H,6-7H2,1-4H3,(H2,14,15,16). The molecular formula is C13H20N6O2. The lowest BCUT2D eigenvalue weighted by atomic mass is 10.1. The van der Waals surface area contributed by atoms with Gasteiger partial charge < -0.3 is 19.7 Å². The first kappa shape index (κ1) is 15.0. The van der Waals surface area contributed by atoms with Gasteiger partial charge in [-0.15, -0.1) is 0 Å². The second kappa shape index (κ2) is 6.87. The number of hydrogen-bond acceptors (Lipinski definition) is 6. The largest absolute Gasteiger partial charge is 0.359 e. The van der Waals surface area contributed by atoms with Crippen LogP contribution in [0, 0.1) is 6.92 Å². The first-order chi connectivity index (χ1) is 10.1. The Morgan fingerprint density at radius 1 is 1.24 bits per heavy atom. The number of nitrogens with one attached hydrogen (secondary N) is 2. The summed E-state index contributed by atoms with van der Waals surface area (Å²) in [4.78, 5) is 8.22. The average molecular weight is 292 g/mol. The lowest BCUT2D eigenvalue weighted by Crippen LogP contribution is -2.36. The molecule has 0 unspecified atom stereocenters. The maximum Gasteiger partial charge on any atom is 0.223 e. The Morgan fingerprint density at radius 3 is 2.57 bits per heavy atom. The summed E-state index contributed by atoms with van der Waals surface area (Å²) in [5.41, 5.74) is 0.942. The minimum atomic E-state index is 0.349. The molecule has 0 bridgehead atoms. The normalized spacial score (nSPS) is 12.0. The molecule has 2 heterocycles. The van der Waals surface area contributed by atoms with Crippen LogP contribution in [0.15, 0.2) is 20.1 Å². The lowest BCUT2D eigenvalue weighted by molar-refractivity contribution is 0.371. The SMILES string of the molecule is CN=C(NCc1noc(C)n1)NCc1cc(C(C)C)no1. The third kappa shape index (κ3) is 4.30. The third-order valence-corrected chi connectivity index (χ3v) is 2.81. The van der Waals surface area contributed by atoms with Crippen molar-refractivity contribution in [3.63, 3.8) is 0 Å². The van der Waals surface area contributed by atoms with E-state index in [4.69, 9.17) is 9.05 Å². The van der Waals surface area contributed by atoms with Crippen molar-refractivity contribution in [2.24, 2.45) is 4.99 Å². The molecule has 0 aromatic carbocycles. The molecule has 2 N–H and O–H groups in total. The van der Waals surface area contributed by atoms with E-state index in [1.54, 1.807) is 14.0 Å². The fourth-order valence-corrected chi connectivity index (χ4v) is 1.65. The minimum Gasteiger partial charge on any atom is -0.359 e. The molecule has 2 aromatic heterocycles. The number of aromatic nitrogens is 3. The van der Waals surface area contributed by atoms with Crippen LogP contribution >= 0.6 is 0 Å². The molecule has 0 fully saturated rings. The van der Waals surface area contributed by atoms with E-state index in [2.05, 4.69) is 44.8 Å². The van der Waals surface area contributed by atoms with Crippen molar-refractivity contribution in [2.45, 2.75) is 39.8 Å². The monoisotopic (exact) mass is 292 g/mol. The summed E-state index contributed by atoms with van der Waals surface area (Å²) in [6.45, 7) is 6.83. The predicted octanol–water partition coefficient (Wildman–Crippen LogP) is 1.35. The maximum absolute atomic E-state index is 5.25. The van der Waals surface area contributed by atoms with E-state index < -0.39 is 0 Å². The molecule has 0 aliphatic rings. The number of rotatable bonds is 5. The Labute approximate surface area is 123 Å². The van der Waals surface area contributed by atoms with Gasteiger partial charge in [0.1, 0.15) is 0 Å². The van der Waals surface area contributed by atoms with Crippen LogP contribution in [-0.4, -0.2) is 28.3 Å². The first-order valence-electron chi connectivity index (χ1n) is 6.77. The second-order valence-corrected chi connectivity index (χ2v) is 4.88. The van der Waals surface area contributed by atoms with Crippen molar-refractivity contribution in [1.29, 1.82) is 0 Å². The highest BCUT2D eigenvalue weighted by Crippen LogP contribution is 2.13. The van der Waals surface area contributed by atoms with Gasteiger partial charge in [0.25, 0.3) is 0 Å². The number of aliphatic imine (C=N–C) groups is 1. The number of hydrogen-bond donors (Lipinski definition) is 2. The zero-order valence-electron chi connectivity index (χ0n) is 12.7. The van der Waals surface area contributed by atoms with Gasteiger partial charge in [-0.3, -0.25) is 4.99 Å². The van der Waals surface area contributed by atoms with Gasteiger partial charge in [0.05, 0.1) is 18.8 Å². The summed E-state index contributed by atoms with van der Waals surface area (Å²) in [6.07, 6.45) is 0. The van der Waals surface area contributed by atoms with Gasteiger partial charge in [-0.2, -0.15) is 4.98 Å². The molecule has 0 spiro atoms. The van der Waals surface area contributed by atoms with E-state index in [0.29, 0.717) is 36.7 Å². The molecule has 8 nitrogen and oxygen atoms in total. The third-order valence-electron chi connectivity index (χ3n) is 2.81. The smallest absolute Gasteiger partial charge is 0.223 e. The van der Waals surface area contributed by atoms with Gasteiger partial charge >= 0.3 is 0 Å². The van der Waals surface area contributed by atoms with Crippen LogP contribution in [0.1, 0.15) is 42.9 Å². The van der Waals surface area contributed by atoms with E-state index in [-0.39, 0.29) is 0 Å². The molecule has 0 saturated heterocycles. The van der Waals surface area contributed by atoms with Crippen molar-refractivity contribution in [2.75, 3.05) is 7.05 Å². The zero-order valence-corrected chi connectivity index (χ0v) is 12.7. The Balaban J connectivity index is 1.82. The number of aryl methyl sites for hydroxylation is 1. The second-order valence-electron chi connectivity index (χ2n) is 4.88. The summed E-state index contributed by atoms with van der Waals surface area (Å²) >= 11 is 0. The highest BCUT2D eigenvalue weighted by Gasteiger charge is 2.08. The minimum absolute atomic E-state index is 0.349. The fraction of sp³-hybridized carbons (Fsp3) is 0.538. The zero-order chi connectivity index (χ0) is 15.2. The van der Waals surface area contributed by atoms with E-state index >= 15 is 0 Å². The van der Waals surface area contributed by atoms with Crippen LogP contribution in [-0.2, 0) is 13.1 Å². The van der Waals surface area contributed by atoms with Gasteiger partial charge in [-0.1, -0.05) is 24.2 Å². The van der Waals surface area contributed by atoms with Crippen LogP contribution in [0.2, 0.25) is 0 Å². The van der Waals surface area contributed by atoms with Crippen LogP contribution < -0.4 is 10.6 Å². The van der Waals surface area contributed by atoms with Crippen molar-refractivity contribution in [3.05, 3.63) is 29.2 Å². The van der Waals surface area contributed by atoms with Crippen molar-refractivity contribution in [3.8, 4) is 0 Å². The topological polar surface area (TPSA) is 101 Å². The first-order valence-corrected chi connectivity index (χ1v) is 6.77. The van der Waals surface area contributed by atoms with Crippen molar-refractivity contribution >= 4 is 5.96 Å². The van der Waals surface area contributed by atoms with Crippen LogP contribution in [0.3, 0.4) is 0 Å². The fourth-order valence-electron chi connectivity index (χ4n) is 1.65. The van der Waals surface area contributed by atoms with Gasteiger partial charge in [-0.25, -0.2) is 0 Å². The molecule has 0 aliphatic carbocycles. The molecule has 0 amide bonds. The van der Waals surface area contributed by atoms with E-state index in [0.717, 1.165) is 11.5 Å². The number of nitrogens with zero attached hydrogens (tertiary/aromatic N) is 4. The molecule has 8 heteroatoms. The molecule has 0 saturated carbocycles. The molecule has 2 aromatic rings. The molecular weight excluding hydrogens is 272 g/mol. The van der Waals surface area contributed by atoms with Gasteiger partial charge in [0.15, 0.2) is 17.5 Å². The lowest BCUT2D eigenvalue weighted by Gasteiger charge is -2.08. The van der Waals surface area contributed by atoms with Gasteiger partial charge in [-0.05, 0) is 5.92 Å². The van der Waals surface area contributed by atoms with Gasteiger partial charge in [0, 0.05) is 20.0 Å². The van der Waals surface area contributed by atoms with Crippen molar-refractivity contribution < 1.29 is 9.05 Å². The highest BCUT2D eigenvalue weighted by molar-refractivity contribution is 5.79. The summed E-state index contributed by atoms with van der Waals surface area (Å²) < 4.78 is 10.2. The highest BCUT2D eigenvalue weighted by atomic mass is 16.5. The summed E-state index contributed by atoms with van der Waals surface area (Å²) in [7, 11) is 1.69. The average Bonchev–Trinajstić information content (AvgIpc) is 3.08. The quantitative estimate of drug-likeness (QED) is 0.633. The molecule has 21 heavy (non-hydrogen) atoms. The Hall–Kier alpha value is -2.38. The summed E-state index contributed by atoms with van der Waals surface area (Å²) in [6, 6.07) is 1.94. The summed E-state index contributed by atoms with van der Waals surface area (Å²) in [5.74, 6) is 2.85. The Kier molecular flexibility index (Phi) is 4.91. The maximum atomic E-state index is 5.25. The van der Waals surface area contributed by atoms with Crippen LogP contribution in [0.5, 0.6) is 0 Å². The van der Waals surface area contributed by atoms with Gasteiger partial charge in [0.2, 0.25) is 5.89 Å². The Morgan fingerprint density at radius 2 is 2.00 bits per heavy atom. The molecule has 0 radical (unpaired) electrons. The molecule has 0 atom stereocenters. The number of guanidine groups is 1. The van der Waals surface area contributed by atoms with E-state index in [1.165, 1.54) is 0 Å². The van der Waals surface area contributed by atoms with Crippen LogP contribution in [0.25, 0.3) is 0 Å². The Bertz CT molecular complexity index is 601. The van der Waals surface area contributed by atoms with Crippen molar-refractivity contribution in [1.82, 2.24) is 25.9 Å². The van der Waals surface area contributed by atoms with Crippen LogP contribution in [0.4, 0.5) is 0 Å². The summed E-state index contributed by atoms with van der Waals surface area (Å²) in [5, 5.41) is 14.0. The molecule has 114 valence electrons.